The Morgan fingerprint density at radius 1 is 1.55 bits per heavy atom. The first-order valence-corrected chi connectivity index (χ1v) is 8.34. The molecule has 1 atom stereocenters. The van der Waals surface area contributed by atoms with Gasteiger partial charge in [0.05, 0.1) is 0 Å². The molecule has 0 radical (unpaired) electrons. The van der Waals surface area contributed by atoms with E-state index < -0.39 is 0 Å². The molecule has 1 N–H and O–H groups in total. The smallest absolute Gasteiger partial charge is 0.227 e. The highest BCUT2D eigenvalue weighted by Crippen LogP contribution is 2.18. The first kappa shape index (κ1) is 15.3. The zero-order valence-corrected chi connectivity index (χ0v) is 13.2. The Kier molecular flexibility index (Phi) is 5.80. The minimum atomic E-state index is 0.263. The Labute approximate surface area is 125 Å². The first-order chi connectivity index (χ1) is 9.70. The molecule has 1 aliphatic heterocycles. The second-order valence-electron chi connectivity index (χ2n) is 5.40. The molecule has 1 aromatic rings. The lowest BCUT2D eigenvalue weighted by Crippen LogP contribution is -2.38. The molecule has 0 bridgehead atoms. The van der Waals surface area contributed by atoms with Gasteiger partial charge in [0.1, 0.15) is 0 Å². The number of carbonyl (C=O) groups excluding carboxylic acids is 1. The van der Waals surface area contributed by atoms with E-state index in [0.29, 0.717) is 12.5 Å². The van der Waals surface area contributed by atoms with Crippen LogP contribution in [0, 0.1) is 0 Å². The molecule has 0 aliphatic carbocycles. The normalized spacial score (nSPS) is 16.6. The predicted molar refractivity (Wildman–Crippen MR) is 84.8 cm³/mol. The molecule has 2 rings (SSSR count). The van der Waals surface area contributed by atoms with Crippen molar-refractivity contribution >= 4 is 17.2 Å². The van der Waals surface area contributed by atoms with Gasteiger partial charge in [0.25, 0.3) is 0 Å². The number of hydrogen-bond donors (Lipinski definition) is 1. The van der Waals surface area contributed by atoms with Gasteiger partial charge in [-0.25, -0.2) is 0 Å². The van der Waals surface area contributed by atoms with E-state index in [2.05, 4.69) is 42.1 Å². The van der Waals surface area contributed by atoms with E-state index >= 15 is 0 Å². The number of thiophene rings is 1. The second-order valence-corrected chi connectivity index (χ2v) is 6.18. The zero-order valence-electron chi connectivity index (χ0n) is 12.4. The maximum absolute atomic E-state index is 12.6. The fraction of sp³-hybridized carbons (Fsp3) is 0.562. The van der Waals surface area contributed by atoms with E-state index in [4.69, 9.17) is 0 Å². The monoisotopic (exact) mass is 292 g/mol. The number of nitrogens with zero attached hydrogens (tertiary/aromatic N) is 1. The molecule has 2 heterocycles. The summed E-state index contributed by atoms with van der Waals surface area (Å²) in [7, 11) is 0. The molecule has 110 valence electrons. The van der Waals surface area contributed by atoms with Crippen LogP contribution in [0.15, 0.2) is 28.5 Å². The highest BCUT2D eigenvalue weighted by Gasteiger charge is 2.20. The van der Waals surface area contributed by atoms with Crippen molar-refractivity contribution in [3.05, 3.63) is 34.0 Å². The van der Waals surface area contributed by atoms with E-state index in [1.54, 1.807) is 11.3 Å². The minimum absolute atomic E-state index is 0.263. The van der Waals surface area contributed by atoms with Crippen LogP contribution in [0.3, 0.4) is 0 Å². The van der Waals surface area contributed by atoms with E-state index in [9.17, 15) is 4.79 Å². The maximum Gasteiger partial charge on any atom is 0.227 e. The molecule has 0 aromatic carbocycles. The molecule has 0 fully saturated rings. The maximum atomic E-state index is 12.6. The third-order valence-electron chi connectivity index (χ3n) is 3.91. The summed E-state index contributed by atoms with van der Waals surface area (Å²) >= 11 is 1.69. The average Bonchev–Trinajstić information content (AvgIpc) is 2.98. The summed E-state index contributed by atoms with van der Waals surface area (Å²) in [5.41, 5.74) is 2.52. The minimum Gasteiger partial charge on any atom is -0.335 e. The summed E-state index contributed by atoms with van der Waals surface area (Å²) in [6.07, 6.45) is 4.74. The SMILES string of the molecule is CC[C@H](C)N(Cc1ccsc1)C(=O)CC1=CCNCC1. The Balaban J connectivity index is 2.01. The number of hydrogen-bond acceptors (Lipinski definition) is 3. The van der Waals surface area contributed by atoms with Crippen molar-refractivity contribution in [2.24, 2.45) is 0 Å². The van der Waals surface area contributed by atoms with Crippen LogP contribution in [0.4, 0.5) is 0 Å². The van der Waals surface area contributed by atoms with Gasteiger partial charge in [0.2, 0.25) is 5.91 Å². The predicted octanol–water partition coefficient (Wildman–Crippen LogP) is 3.19. The highest BCUT2D eigenvalue weighted by atomic mass is 32.1. The Morgan fingerprint density at radius 2 is 2.40 bits per heavy atom. The van der Waals surface area contributed by atoms with E-state index in [1.807, 2.05) is 4.90 Å². The summed E-state index contributed by atoms with van der Waals surface area (Å²) in [6.45, 7) is 6.91. The van der Waals surface area contributed by atoms with Crippen LogP contribution in [-0.4, -0.2) is 29.9 Å². The van der Waals surface area contributed by atoms with Gasteiger partial charge < -0.3 is 10.2 Å². The molecule has 20 heavy (non-hydrogen) atoms. The summed E-state index contributed by atoms with van der Waals surface area (Å²) in [6, 6.07) is 2.40. The van der Waals surface area contributed by atoms with Gasteiger partial charge in [0, 0.05) is 25.6 Å². The van der Waals surface area contributed by atoms with Crippen molar-refractivity contribution in [1.82, 2.24) is 10.2 Å². The molecule has 0 saturated heterocycles. The van der Waals surface area contributed by atoms with E-state index in [1.165, 1.54) is 11.1 Å². The van der Waals surface area contributed by atoms with Gasteiger partial charge in [-0.3, -0.25) is 4.79 Å². The van der Waals surface area contributed by atoms with Crippen molar-refractivity contribution < 1.29 is 4.79 Å². The van der Waals surface area contributed by atoms with E-state index in [0.717, 1.165) is 32.5 Å². The number of nitrogens with one attached hydrogen (secondary N) is 1. The number of rotatable bonds is 6. The van der Waals surface area contributed by atoms with Crippen LogP contribution >= 0.6 is 11.3 Å². The summed E-state index contributed by atoms with van der Waals surface area (Å²) in [5.74, 6) is 0.263. The number of carbonyl (C=O) groups is 1. The molecule has 3 nitrogen and oxygen atoms in total. The average molecular weight is 292 g/mol. The first-order valence-electron chi connectivity index (χ1n) is 7.40. The van der Waals surface area contributed by atoms with Gasteiger partial charge >= 0.3 is 0 Å². The van der Waals surface area contributed by atoms with E-state index in [-0.39, 0.29) is 5.91 Å². The Bertz CT molecular complexity index is 453. The fourth-order valence-corrected chi connectivity index (χ4v) is 3.08. The third-order valence-corrected chi connectivity index (χ3v) is 4.64. The van der Waals surface area contributed by atoms with Crippen molar-refractivity contribution in [2.45, 2.75) is 45.7 Å². The molecule has 1 aromatic heterocycles. The lowest BCUT2D eigenvalue weighted by atomic mass is 10.0. The van der Waals surface area contributed by atoms with Crippen LogP contribution in [0.2, 0.25) is 0 Å². The van der Waals surface area contributed by atoms with Crippen molar-refractivity contribution in [3.8, 4) is 0 Å². The van der Waals surface area contributed by atoms with Crippen molar-refractivity contribution in [3.63, 3.8) is 0 Å². The Hall–Kier alpha value is -1.13. The molecule has 0 saturated carbocycles. The largest absolute Gasteiger partial charge is 0.335 e. The molecule has 0 unspecified atom stereocenters. The molecular formula is C16H24N2OS. The molecule has 0 spiro atoms. The third kappa shape index (κ3) is 4.18. The van der Waals surface area contributed by atoms with Gasteiger partial charge in [-0.1, -0.05) is 18.6 Å². The molecule has 4 heteroatoms. The van der Waals surface area contributed by atoms with Crippen LogP contribution in [-0.2, 0) is 11.3 Å². The lowest BCUT2D eigenvalue weighted by molar-refractivity contribution is -0.133. The summed E-state index contributed by atoms with van der Waals surface area (Å²) in [5, 5.41) is 7.49. The summed E-state index contributed by atoms with van der Waals surface area (Å²) < 4.78 is 0. The standard InChI is InChI=1S/C16H24N2OS/c1-3-13(2)18(11-15-6-9-20-12-15)16(19)10-14-4-7-17-8-5-14/h4,6,9,12-13,17H,3,5,7-8,10-11H2,1-2H3/t13-/m0/s1. The highest BCUT2D eigenvalue weighted by molar-refractivity contribution is 7.07. The van der Waals surface area contributed by atoms with Gasteiger partial charge in [-0.15, -0.1) is 0 Å². The van der Waals surface area contributed by atoms with Crippen molar-refractivity contribution in [1.29, 1.82) is 0 Å². The summed E-state index contributed by atoms with van der Waals surface area (Å²) in [4.78, 5) is 14.6. The van der Waals surface area contributed by atoms with Crippen LogP contribution in [0.25, 0.3) is 0 Å². The Morgan fingerprint density at radius 3 is 3.00 bits per heavy atom. The molecule has 1 amide bonds. The van der Waals surface area contributed by atoms with Crippen LogP contribution < -0.4 is 5.32 Å². The van der Waals surface area contributed by atoms with Gasteiger partial charge in [0.15, 0.2) is 0 Å². The quantitative estimate of drug-likeness (QED) is 0.817. The number of amides is 1. The fourth-order valence-electron chi connectivity index (χ4n) is 2.42. The van der Waals surface area contributed by atoms with Gasteiger partial charge in [-0.05, 0) is 48.7 Å². The van der Waals surface area contributed by atoms with Crippen molar-refractivity contribution in [2.75, 3.05) is 13.1 Å². The molecular weight excluding hydrogens is 268 g/mol. The van der Waals surface area contributed by atoms with Crippen LogP contribution in [0.1, 0.15) is 38.7 Å². The zero-order chi connectivity index (χ0) is 14.4. The van der Waals surface area contributed by atoms with Gasteiger partial charge in [-0.2, -0.15) is 11.3 Å². The molecule has 1 aliphatic rings. The lowest BCUT2D eigenvalue weighted by Gasteiger charge is -2.29. The van der Waals surface area contributed by atoms with Crippen LogP contribution in [0.5, 0.6) is 0 Å². The second kappa shape index (κ2) is 7.60. The topological polar surface area (TPSA) is 32.3 Å².